The maximum atomic E-state index is 12.8. The molecule has 0 radical (unpaired) electrons. The number of nitrogens with one attached hydrogen (secondary N) is 1. The molecule has 0 aliphatic rings. The van der Waals surface area contributed by atoms with Crippen LogP contribution < -0.4 is 5.32 Å². The maximum absolute atomic E-state index is 12.8. The lowest BCUT2D eigenvalue weighted by atomic mass is 10.1. The van der Waals surface area contributed by atoms with Crippen molar-refractivity contribution in [2.24, 2.45) is 0 Å². The Morgan fingerprint density at radius 2 is 1.13 bits per heavy atom. The lowest BCUT2D eigenvalue weighted by Crippen LogP contribution is -2.45. The molecule has 0 aromatic heterocycles. The Kier molecular flexibility index (Phi) is 34.1. The molecule has 3 atom stereocenters. The van der Waals surface area contributed by atoms with Crippen LogP contribution in [0.2, 0.25) is 0 Å². The minimum absolute atomic E-state index is 0.0511. The molecule has 3 N–H and O–H groups in total. The number of phosphoric ester groups is 1. The van der Waals surface area contributed by atoms with E-state index in [1.807, 2.05) is 40.2 Å². The van der Waals surface area contributed by atoms with Crippen LogP contribution in [-0.2, 0) is 18.4 Å². The van der Waals surface area contributed by atoms with Gasteiger partial charge in [0.25, 0.3) is 0 Å². The summed E-state index contributed by atoms with van der Waals surface area (Å²) < 4.78 is 23.4. The van der Waals surface area contributed by atoms with E-state index < -0.39 is 20.0 Å². The Morgan fingerprint density at radius 3 is 1.65 bits per heavy atom. The van der Waals surface area contributed by atoms with Crippen molar-refractivity contribution in [3.8, 4) is 0 Å². The summed E-state index contributed by atoms with van der Waals surface area (Å²) in [4.78, 5) is 23.0. The molecule has 0 aromatic rings. The number of nitrogens with zero attached hydrogens (tertiary/aromatic N) is 1. The molecule has 0 heterocycles. The van der Waals surface area contributed by atoms with E-state index in [2.05, 4.69) is 42.6 Å². The molecule has 0 aliphatic carbocycles. The predicted octanol–water partition coefficient (Wildman–Crippen LogP) is 11.3. The summed E-state index contributed by atoms with van der Waals surface area (Å²) in [6, 6.07) is -0.869. The van der Waals surface area contributed by atoms with Gasteiger partial charge in [0.05, 0.1) is 39.9 Å². The van der Waals surface area contributed by atoms with Gasteiger partial charge in [-0.3, -0.25) is 13.8 Å². The monoisotopic (exact) mass is 754 g/mol. The van der Waals surface area contributed by atoms with Gasteiger partial charge in [0, 0.05) is 6.42 Å². The first kappa shape index (κ1) is 50.5. The molecule has 3 unspecified atom stereocenters. The number of rotatable bonds is 37. The second-order valence-corrected chi connectivity index (χ2v) is 16.8. The van der Waals surface area contributed by atoms with Gasteiger partial charge in [-0.05, 0) is 64.7 Å². The first-order chi connectivity index (χ1) is 25.0. The Morgan fingerprint density at radius 1 is 0.673 bits per heavy atom. The third-order valence-corrected chi connectivity index (χ3v) is 10.1. The smallest absolute Gasteiger partial charge is 0.387 e. The Labute approximate surface area is 320 Å². The van der Waals surface area contributed by atoms with Crippen LogP contribution in [0.5, 0.6) is 0 Å². The van der Waals surface area contributed by atoms with E-state index in [4.69, 9.17) is 9.05 Å². The summed E-state index contributed by atoms with van der Waals surface area (Å²) in [6.45, 7) is 4.53. The number of unbranched alkanes of at least 4 members (excludes halogenated alkanes) is 19. The van der Waals surface area contributed by atoms with Crippen LogP contribution in [0.4, 0.5) is 0 Å². The van der Waals surface area contributed by atoms with Gasteiger partial charge in [0.1, 0.15) is 13.2 Å². The molecule has 52 heavy (non-hydrogen) atoms. The van der Waals surface area contributed by atoms with Crippen LogP contribution in [0.3, 0.4) is 0 Å². The van der Waals surface area contributed by atoms with Crippen molar-refractivity contribution in [2.75, 3.05) is 40.9 Å². The molecule has 0 fully saturated rings. The zero-order valence-corrected chi connectivity index (χ0v) is 35.2. The van der Waals surface area contributed by atoms with Gasteiger partial charge >= 0.3 is 7.82 Å². The molecule has 0 spiro atoms. The van der Waals surface area contributed by atoms with E-state index >= 15 is 0 Å². The number of aliphatic hydroxyl groups is 1. The van der Waals surface area contributed by atoms with Crippen molar-refractivity contribution in [1.29, 1.82) is 0 Å². The number of phosphoric acid groups is 1. The summed E-state index contributed by atoms with van der Waals surface area (Å²) in [5, 5.41) is 13.7. The van der Waals surface area contributed by atoms with Crippen LogP contribution in [0.1, 0.15) is 168 Å². The van der Waals surface area contributed by atoms with Crippen molar-refractivity contribution < 1.29 is 32.9 Å². The number of quaternary nitrogens is 1. The number of amides is 1. The predicted molar refractivity (Wildman–Crippen MR) is 221 cm³/mol. The fraction of sp³-hybridized carbons (Fsp3) is 0.791. The lowest BCUT2D eigenvalue weighted by molar-refractivity contribution is -0.870. The lowest BCUT2D eigenvalue weighted by Gasteiger charge is -2.25. The molecule has 0 saturated carbocycles. The van der Waals surface area contributed by atoms with Crippen molar-refractivity contribution >= 4 is 13.7 Å². The van der Waals surface area contributed by atoms with Gasteiger partial charge in [-0.15, -0.1) is 0 Å². The number of hydrogen-bond donors (Lipinski definition) is 3. The second-order valence-electron chi connectivity index (χ2n) is 15.4. The van der Waals surface area contributed by atoms with Gasteiger partial charge in [-0.2, -0.15) is 0 Å². The molecular weight excluding hydrogens is 671 g/mol. The van der Waals surface area contributed by atoms with Gasteiger partial charge < -0.3 is 19.8 Å². The third kappa shape index (κ3) is 36.8. The highest BCUT2D eigenvalue weighted by molar-refractivity contribution is 7.47. The number of carbonyl (C=O) groups is 1. The molecule has 1 amide bonds. The van der Waals surface area contributed by atoms with Crippen molar-refractivity contribution in [3.63, 3.8) is 0 Å². The number of aliphatic hydroxyl groups excluding tert-OH is 1. The van der Waals surface area contributed by atoms with E-state index in [1.54, 1.807) is 6.08 Å². The zero-order valence-electron chi connectivity index (χ0n) is 34.3. The summed E-state index contributed by atoms with van der Waals surface area (Å²) in [5.74, 6) is -0.201. The number of hydrogen-bond acceptors (Lipinski definition) is 5. The molecule has 0 rings (SSSR count). The first-order valence-corrected chi connectivity index (χ1v) is 22.5. The normalized spacial score (nSPS) is 15.0. The fourth-order valence-corrected chi connectivity index (χ4v) is 6.46. The first-order valence-electron chi connectivity index (χ1n) is 21.0. The number of likely N-dealkylation sites (N-methyl/N-ethyl adjacent to an activating group) is 1. The molecule has 304 valence electrons. The van der Waals surface area contributed by atoms with E-state index in [1.165, 1.54) is 103 Å². The van der Waals surface area contributed by atoms with E-state index in [0.29, 0.717) is 17.4 Å². The highest BCUT2D eigenvalue weighted by Gasteiger charge is 2.27. The van der Waals surface area contributed by atoms with E-state index in [0.717, 1.165) is 44.9 Å². The molecular formula is C43H82N2O6P+. The summed E-state index contributed by atoms with van der Waals surface area (Å²) in [5.41, 5.74) is 0. The van der Waals surface area contributed by atoms with Crippen LogP contribution in [0, 0.1) is 0 Å². The number of carbonyl (C=O) groups excluding carboxylic acids is 1. The Bertz CT molecular complexity index is 991. The minimum Gasteiger partial charge on any atom is -0.387 e. The summed E-state index contributed by atoms with van der Waals surface area (Å²) in [7, 11) is 1.53. The standard InChI is InChI=1S/C43H81N2O6P/c1-6-8-10-12-14-16-17-18-19-20-21-22-23-24-25-26-27-29-31-33-35-37-43(47)44-41(40-51-52(48,49)50-39-38-45(3,4)5)42(46)36-34-32-30-28-15-13-11-9-7-2/h7,9,15,22-23,28,34,36,41-42,46H,6,8,10-14,16-21,24-27,29-33,35,37-40H2,1-5H3,(H-,44,47,48,49)/p+1/b9-7+,23-22-,28-15+,36-34+. The maximum Gasteiger partial charge on any atom is 0.472 e. The summed E-state index contributed by atoms with van der Waals surface area (Å²) >= 11 is 0. The molecule has 9 heteroatoms. The SMILES string of the molecule is C/C=C/CC/C=C/CC/C=C/C(O)C(COP(=O)(O)OCC[N+](C)(C)C)NC(=O)CCCCCCCCC/C=C\CCCCCCCCCCCC. The average Bonchev–Trinajstić information content (AvgIpc) is 3.09. The Balaban J connectivity index is 4.31. The largest absolute Gasteiger partial charge is 0.472 e. The number of allylic oxidation sites excluding steroid dienone is 7. The highest BCUT2D eigenvalue weighted by atomic mass is 31.2. The van der Waals surface area contributed by atoms with Gasteiger partial charge in [0.15, 0.2) is 0 Å². The molecule has 0 saturated heterocycles. The van der Waals surface area contributed by atoms with Crippen LogP contribution in [-0.4, -0.2) is 73.4 Å². The van der Waals surface area contributed by atoms with Crippen molar-refractivity contribution in [3.05, 3.63) is 48.6 Å². The quantitative estimate of drug-likeness (QED) is 0.0252. The van der Waals surface area contributed by atoms with Crippen LogP contribution in [0.25, 0.3) is 0 Å². The van der Waals surface area contributed by atoms with Crippen molar-refractivity contribution in [2.45, 2.75) is 180 Å². The fourth-order valence-electron chi connectivity index (χ4n) is 5.72. The van der Waals surface area contributed by atoms with Crippen LogP contribution in [0.15, 0.2) is 48.6 Å². The highest BCUT2D eigenvalue weighted by Crippen LogP contribution is 2.43. The van der Waals surface area contributed by atoms with E-state index in [-0.39, 0.29) is 19.1 Å². The van der Waals surface area contributed by atoms with Crippen LogP contribution >= 0.6 is 7.82 Å². The topological polar surface area (TPSA) is 105 Å². The Hall–Kier alpha value is -1.54. The second kappa shape index (κ2) is 35.2. The van der Waals surface area contributed by atoms with Crippen molar-refractivity contribution in [1.82, 2.24) is 5.32 Å². The molecule has 8 nitrogen and oxygen atoms in total. The zero-order chi connectivity index (χ0) is 38.6. The minimum atomic E-state index is -4.34. The molecule has 0 aliphatic heterocycles. The van der Waals surface area contributed by atoms with E-state index in [9.17, 15) is 19.4 Å². The average molecular weight is 754 g/mol. The van der Waals surface area contributed by atoms with Gasteiger partial charge in [0.2, 0.25) is 5.91 Å². The molecule has 0 aromatic carbocycles. The van der Waals surface area contributed by atoms with Gasteiger partial charge in [-0.25, -0.2) is 4.57 Å². The molecule has 0 bridgehead atoms. The summed E-state index contributed by atoms with van der Waals surface area (Å²) in [6.07, 6.45) is 43.6. The van der Waals surface area contributed by atoms with Gasteiger partial charge in [-0.1, -0.05) is 145 Å². The third-order valence-electron chi connectivity index (χ3n) is 9.09.